The molecule has 1 heterocycles. The first-order valence-electron chi connectivity index (χ1n) is 8.71. The quantitative estimate of drug-likeness (QED) is 0.753. The standard InChI is InChI=1S/C20H22BrFN2O3/c1-26-18-9-13-5-7-24(12-14(13)10-19(18)27-2)8-6-23-20(25)16-4-3-15(21)11-17(16)22/h3-4,9-11H,5-8,12H2,1-2H3,(H,23,25). The molecule has 0 aliphatic carbocycles. The van der Waals surface area contributed by atoms with Gasteiger partial charge in [0.05, 0.1) is 19.8 Å². The van der Waals surface area contributed by atoms with E-state index in [2.05, 4.69) is 26.1 Å². The summed E-state index contributed by atoms with van der Waals surface area (Å²) in [6.45, 7) is 2.82. The lowest BCUT2D eigenvalue weighted by atomic mass is 9.99. The van der Waals surface area contributed by atoms with Crippen molar-refractivity contribution in [1.82, 2.24) is 10.2 Å². The minimum absolute atomic E-state index is 0.0546. The average molecular weight is 437 g/mol. The fourth-order valence-electron chi connectivity index (χ4n) is 3.23. The maximum absolute atomic E-state index is 13.9. The summed E-state index contributed by atoms with van der Waals surface area (Å²) in [6, 6.07) is 8.46. The number of fused-ring (bicyclic) bond motifs is 1. The van der Waals surface area contributed by atoms with Crippen molar-refractivity contribution in [1.29, 1.82) is 0 Å². The molecule has 0 unspecified atom stereocenters. The van der Waals surface area contributed by atoms with Crippen LogP contribution < -0.4 is 14.8 Å². The molecule has 1 aliphatic heterocycles. The van der Waals surface area contributed by atoms with Crippen molar-refractivity contribution in [2.24, 2.45) is 0 Å². The first kappa shape index (κ1) is 19.6. The number of hydrogen-bond acceptors (Lipinski definition) is 4. The Hall–Kier alpha value is -2.12. The number of ether oxygens (including phenoxy) is 2. The van der Waals surface area contributed by atoms with Gasteiger partial charge in [-0.05, 0) is 47.9 Å². The van der Waals surface area contributed by atoms with Crippen molar-refractivity contribution in [2.45, 2.75) is 13.0 Å². The number of halogens is 2. The van der Waals surface area contributed by atoms with Crippen molar-refractivity contribution in [3.8, 4) is 11.5 Å². The van der Waals surface area contributed by atoms with E-state index >= 15 is 0 Å². The van der Waals surface area contributed by atoms with E-state index in [9.17, 15) is 9.18 Å². The number of carbonyl (C=O) groups excluding carboxylic acids is 1. The molecule has 0 radical (unpaired) electrons. The zero-order chi connectivity index (χ0) is 19.4. The highest BCUT2D eigenvalue weighted by molar-refractivity contribution is 9.10. The molecule has 2 aromatic rings. The number of benzene rings is 2. The molecule has 0 fully saturated rings. The Kier molecular flexibility index (Phi) is 6.34. The van der Waals surface area contributed by atoms with Crippen LogP contribution in [-0.2, 0) is 13.0 Å². The Morgan fingerprint density at radius 2 is 1.89 bits per heavy atom. The van der Waals surface area contributed by atoms with E-state index in [1.54, 1.807) is 20.3 Å². The molecular weight excluding hydrogens is 415 g/mol. The Morgan fingerprint density at radius 1 is 1.19 bits per heavy atom. The van der Waals surface area contributed by atoms with Crippen molar-refractivity contribution < 1.29 is 18.7 Å². The van der Waals surface area contributed by atoms with Gasteiger partial charge in [-0.3, -0.25) is 9.69 Å². The molecule has 0 atom stereocenters. The molecule has 1 amide bonds. The number of hydrogen-bond donors (Lipinski definition) is 1. The molecule has 0 aromatic heterocycles. The van der Waals surface area contributed by atoms with Crippen LogP contribution in [0.5, 0.6) is 11.5 Å². The number of methoxy groups -OCH3 is 2. The first-order chi connectivity index (χ1) is 13.0. The zero-order valence-electron chi connectivity index (χ0n) is 15.4. The van der Waals surface area contributed by atoms with Gasteiger partial charge in [0.2, 0.25) is 0 Å². The number of carbonyl (C=O) groups is 1. The average Bonchev–Trinajstić information content (AvgIpc) is 2.66. The molecule has 1 N–H and O–H groups in total. The molecule has 7 heteroatoms. The van der Waals surface area contributed by atoms with Gasteiger partial charge in [0, 0.05) is 30.7 Å². The SMILES string of the molecule is COc1cc2c(cc1OC)CN(CCNC(=O)c1ccc(Br)cc1F)CC2. The number of nitrogens with one attached hydrogen (secondary N) is 1. The topological polar surface area (TPSA) is 50.8 Å². The first-order valence-corrected chi connectivity index (χ1v) is 9.50. The van der Waals surface area contributed by atoms with Crippen LogP contribution in [0.4, 0.5) is 4.39 Å². The second kappa shape index (κ2) is 8.71. The van der Waals surface area contributed by atoms with Gasteiger partial charge in [-0.25, -0.2) is 4.39 Å². The number of amides is 1. The minimum atomic E-state index is -0.533. The number of nitrogens with zero attached hydrogens (tertiary/aromatic N) is 1. The second-order valence-electron chi connectivity index (χ2n) is 6.38. The lowest BCUT2D eigenvalue weighted by Gasteiger charge is -2.29. The van der Waals surface area contributed by atoms with Crippen molar-refractivity contribution in [3.05, 3.63) is 57.3 Å². The van der Waals surface area contributed by atoms with Gasteiger partial charge in [-0.15, -0.1) is 0 Å². The fraction of sp³-hybridized carbons (Fsp3) is 0.350. The monoisotopic (exact) mass is 436 g/mol. The molecule has 0 saturated carbocycles. The van der Waals surface area contributed by atoms with Crippen LogP contribution in [0, 0.1) is 5.82 Å². The highest BCUT2D eigenvalue weighted by Crippen LogP contribution is 2.33. The Balaban J connectivity index is 1.56. The molecule has 2 aromatic carbocycles. The maximum Gasteiger partial charge on any atom is 0.254 e. The van der Waals surface area contributed by atoms with Crippen molar-refractivity contribution in [2.75, 3.05) is 33.9 Å². The largest absolute Gasteiger partial charge is 0.493 e. The molecule has 0 saturated heterocycles. The summed E-state index contributed by atoms with van der Waals surface area (Å²) in [5.74, 6) is 0.532. The molecule has 5 nitrogen and oxygen atoms in total. The van der Waals surface area contributed by atoms with Crippen LogP contribution in [0.15, 0.2) is 34.8 Å². The summed E-state index contributed by atoms with van der Waals surface area (Å²) in [7, 11) is 3.26. The molecule has 27 heavy (non-hydrogen) atoms. The van der Waals surface area contributed by atoms with Crippen molar-refractivity contribution in [3.63, 3.8) is 0 Å². The molecular formula is C20H22BrFN2O3. The Labute approximate surface area is 166 Å². The summed E-state index contributed by atoms with van der Waals surface area (Å²) in [6.07, 6.45) is 0.908. The summed E-state index contributed by atoms with van der Waals surface area (Å²) in [5, 5.41) is 2.79. The van der Waals surface area contributed by atoms with Crippen LogP contribution in [-0.4, -0.2) is 44.7 Å². The van der Waals surface area contributed by atoms with E-state index in [0.29, 0.717) is 17.6 Å². The van der Waals surface area contributed by atoms with Crippen LogP contribution in [0.25, 0.3) is 0 Å². The predicted molar refractivity (Wildman–Crippen MR) is 105 cm³/mol. The molecule has 0 spiro atoms. The van der Waals surface area contributed by atoms with Crippen LogP contribution in [0.1, 0.15) is 21.5 Å². The van der Waals surface area contributed by atoms with Crippen LogP contribution in [0.2, 0.25) is 0 Å². The molecule has 0 bridgehead atoms. The van der Waals surface area contributed by atoms with Gasteiger partial charge < -0.3 is 14.8 Å². The highest BCUT2D eigenvalue weighted by Gasteiger charge is 2.19. The lowest BCUT2D eigenvalue weighted by Crippen LogP contribution is -2.38. The number of rotatable bonds is 6. The Morgan fingerprint density at radius 3 is 2.56 bits per heavy atom. The van der Waals surface area contributed by atoms with E-state index in [0.717, 1.165) is 31.0 Å². The van der Waals surface area contributed by atoms with Gasteiger partial charge in [0.1, 0.15) is 5.82 Å². The summed E-state index contributed by atoms with van der Waals surface area (Å²) in [5.41, 5.74) is 2.51. The third-order valence-corrected chi connectivity index (χ3v) is 5.18. The van der Waals surface area contributed by atoms with Gasteiger partial charge >= 0.3 is 0 Å². The normalized spacial score (nSPS) is 13.8. The third-order valence-electron chi connectivity index (χ3n) is 4.69. The van der Waals surface area contributed by atoms with E-state index in [4.69, 9.17) is 9.47 Å². The molecule has 1 aliphatic rings. The third kappa shape index (κ3) is 4.59. The fourth-order valence-corrected chi connectivity index (χ4v) is 3.56. The zero-order valence-corrected chi connectivity index (χ0v) is 16.9. The van der Waals surface area contributed by atoms with Crippen LogP contribution >= 0.6 is 15.9 Å². The van der Waals surface area contributed by atoms with Gasteiger partial charge in [0.15, 0.2) is 11.5 Å². The van der Waals surface area contributed by atoms with E-state index < -0.39 is 11.7 Å². The van der Waals surface area contributed by atoms with Gasteiger partial charge in [-0.1, -0.05) is 15.9 Å². The predicted octanol–water partition coefficient (Wildman–Crippen LogP) is 3.39. The Bertz CT molecular complexity index is 844. The van der Waals surface area contributed by atoms with E-state index in [1.165, 1.54) is 23.3 Å². The van der Waals surface area contributed by atoms with E-state index in [1.807, 2.05) is 12.1 Å². The van der Waals surface area contributed by atoms with E-state index in [-0.39, 0.29) is 5.56 Å². The van der Waals surface area contributed by atoms with Crippen molar-refractivity contribution >= 4 is 21.8 Å². The summed E-state index contributed by atoms with van der Waals surface area (Å²) >= 11 is 3.19. The highest BCUT2D eigenvalue weighted by atomic mass is 79.9. The van der Waals surface area contributed by atoms with Gasteiger partial charge in [0.25, 0.3) is 5.91 Å². The molecule has 3 rings (SSSR count). The van der Waals surface area contributed by atoms with Gasteiger partial charge in [-0.2, -0.15) is 0 Å². The summed E-state index contributed by atoms with van der Waals surface area (Å²) < 4.78 is 25.2. The second-order valence-corrected chi connectivity index (χ2v) is 7.30. The van der Waals surface area contributed by atoms with Crippen LogP contribution in [0.3, 0.4) is 0 Å². The molecule has 144 valence electrons. The smallest absolute Gasteiger partial charge is 0.254 e. The lowest BCUT2D eigenvalue weighted by molar-refractivity contribution is 0.0943. The summed E-state index contributed by atoms with van der Waals surface area (Å²) in [4.78, 5) is 14.4. The minimum Gasteiger partial charge on any atom is -0.493 e. The maximum atomic E-state index is 13.9.